The summed E-state index contributed by atoms with van der Waals surface area (Å²) in [7, 11) is 4.36. The van der Waals surface area contributed by atoms with E-state index in [9.17, 15) is 20.1 Å². The topological polar surface area (TPSA) is 124 Å². The number of fused-ring (bicyclic) bond motifs is 7. The highest BCUT2D eigenvalue weighted by atomic mass is 16.5. The molecule has 0 fully saturated rings. The molecule has 188 valence electrons. The van der Waals surface area contributed by atoms with E-state index in [2.05, 4.69) is 0 Å². The highest BCUT2D eigenvalue weighted by Crippen LogP contribution is 2.49. The molecule has 9 nitrogen and oxygen atoms in total. The van der Waals surface area contributed by atoms with Gasteiger partial charge in [0.2, 0.25) is 0 Å². The Morgan fingerprint density at radius 1 is 0.838 bits per heavy atom. The van der Waals surface area contributed by atoms with E-state index in [4.69, 9.17) is 18.6 Å². The average Bonchev–Trinajstić information content (AvgIpc) is 3.25. The third-order valence-electron chi connectivity index (χ3n) is 6.94. The molecule has 9 heteroatoms. The normalized spacial score (nSPS) is 12.4. The summed E-state index contributed by atoms with van der Waals surface area (Å²) >= 11 is 0. The van der Waals surface area contributed by atoms with Crippen LogP contribution in [0.15, 0.2) is 51.7 Å². The van der Waals surface area contributed by atoms with Crippen molar-refractivity contribution < 1.29 is 33.9 Å². The van der Waals surface area contributed by atoms with Gasteiger partial charge in [-0.1, -0.05) is 6.07 Å². The predicted molar refractivity (Wildman–Crippen MR) is 137 cm³/mol. The zero-order chi connectivity index (χ0) is 26.0. The van der Waals surface area contributed by atoms with Crippen molar-refractivity contribution in [2.45, 2.75) is 13.0 Å². The lowest BCUT2D eigenvalue weighted by molar-refractivity contribution is 0.373. The first-order chi connectivity index (χ1) is 17.9. The van der Waals surface area contributed by atoms with Crippen molar-refractivity contribution >= 4 is 21.9 Å². The first kappa shape index (κ1) is 22.7. The highest BCUT2D eigenvalue weighted by Gasteiger charge is 2.30. The molecule has 6 rings (SSSR count). The fraction of sp³-hybridized carbons (Fsp3) is 0.179. The molecule has 2 aromatic heterocycles. The van der Waals surface area contributed by atoms with Crippen molar-refractivity contribution in [2.24, 2.45) is 0 Å². The van der Waals surface area contributed by atoms with Crippen LogP contribution in [-0.4, -0.2) is 41.2 Å². The van der Waals surface area contributed by atoms with Gasteiger partial charge in [0.1, 0.15) is 11.1 Å². The van der Waals surface area contributed by atoms with E-state index < -0.39 is 5.63 Å². The second-order valence-electron chi connectivity index (χ2n) is 8.83. The van der Waals surface area contributed by atoms with E-state index in [-0.39, 0.29) is 34.3 Å². The maximum atomic E-state index is 13.4. The lowest BCUT2D eigenvalue weighted by Gasteiger charge is -2.22. The van der Waals surface area contributed by atoms with Gasteiger partial charge in [0.05, 0.1) is 27.0 Å². The second kappa shape index (κ2) is 8.12. The van der Waals surface area contributed by atoms with Crippen molar-refractivity contribution in [1.82, 2.24) is 4.57 Å². The Labute approximate surface area is 210 Å². The minimum absolute atomic E-state index is 0.0256. The molecule has 0 spiro atoms. The molecule has 5 aromatic rings. The van der Waals surface area contributed by atoms with Crippen molar-refractivity contribution in [1.29, 1.82) is 0 Å². The number of nitrogens with zero attached hydrogens (tertiary/aromatic N) is 1. The minimum Gasteiger partial charge on any atom is -0.504 e. The summed E-state index contributed by atoms with van der Waals surface area (Å²) in [4.78, 5) is 13.4. The van der Waals surface area contributed by atoms with E-state index in [1.807, 2.05) is 4.57 Å². The summed E-state index contributed by atoms with van der Waals surface area (Å²) in [6.45, 7) is 0.457. The minimum atomic E-state index is -0.539. The van der Waals surface area contributed by atoms with Gasteiger partial charge in [-0.05, 0) is 47.9 Å². The largest absolute Gasteiger partial charge is 0.504 e. The van der Waals surface area contributed by atoms with Crippen LogP contribution in [0.5, 0.6) is 34.5 Å². The quantitative estimate of drug-likeness (QED) is 0.301. The van der Waals surface area contributed by atoms with Gasteiger partial charge >= 0.3 is 5.63 Å². The monoisotopic (exact) mass is 501 g/mol. The Morgan fingerprint density at radius 2 is 1.51 bits per heavy atom. The van der Waals surface area contributed by atoms with Gasteiger partial charge in [-0.15, -0.1) is 0 Å². The van der Waals surface area contributed by atoms with Gasteiger partial charge in [0.25, 0.3) is 0 Å². The Morgan fingerprint density at radius 3 is 2.24 bits per heavy atom. The van der Waals surface area contributed by atoms with E-state index in [0.29, 0.717) is 46.1 Å². The van der Waals surface area contributed by atoms with Crippen LogP contribution in [0.3, 0.4) is 0 Å². The number of phenols is 3. The number of aromatic nitrogens is 1. The second-order valence-corrected chi connectivity index (χ2v) is 8.83. The van der Waals surface area contributed by atoms with Crippen LogP contribution < -0.4 is 19.8 Å². The van der Waals surface area contributed by atoms with E-state index in [1.54, 1.807) is 24.3 Å². The molecule has 3 heterocycles. The van der Waals surface area contributed by atoms with Gasteiger partial charge in [-0.2, -0.15) is 0 Å². The van der Waals surface area contributed by atoms with E-state index in [0.717, 1.165) is 16.8 Å². The van der Waals surface area contributed by atoms with Crippen molar-refractivity contribution in [2.75, 3.05) is 21.3 Å². The number of hydrogen-bond donors (Lipinski definition) is 3. The molecule has 3 aromatic carbocycles. The molecule has 0 saturated carbocycles. The van der Waals surface area contributed by atoms with Crippen LogP contribution in [0.1, 0.15) is 5.56 Å². The summed E-state index contributed by atoms with van der Waals surface area (Å²) in [6.07, 6.45) is 0.563. The third-order valence-corrected chi connectivity index (χ3v) is 6.94. The van der Waals surface area contributed by atoms with Crippen molar-refractivity contribution in [3.8, 4) is 56.9 Å². The molecule has 0 aliphatic carbocycles. The number of aromatic hydroxyl groups is 3. The Balaban J connectivity index is 1.84. The zero-order valence-electron chi connectivity index (χ0n) is 20.3. The molecule has 0 amide bonds. The van der Waals surface area contributed by atoms with Crippen LogP contribution in [0, 0.1) is 0 Å². The summed E-state index contributed by atoms with van der Waals surface area (Å²) in [6, 6.07) is 11.4. The summed E-state index contributed by atoms with van der Waals surface area (Å²) < 4.78 is 23.6. The van der Waals surface area contributed by atoms with Crippen LogP contribution >= 0.6 is 0 Å². The number of hydrogen-bond acceptors (Lipinski definition) is 8. The van der Waals surface area contributed by atoms with Crippen LogP contribution in [0.25, 0.3) is 44.3 Å². The van der Waals surface area contributed by atoms with Gasteiger partial charge in [0, 0.05) is 34.5 Å². The standard InChI is InChI=1S/C28H23NO8/c1-34-21-9-14(4-5-17(21)30)24-25-16-10-19(32)23(36-3)12-20(16)37-28(33)27(25)29-7-6-13-8-18(31)22(35-2)11-15(13)26(24)29/h4-5,8-12,30-32H,6-7H2,1-3H3. The summed E-state index contributed by atoms with van der Waals surface area (Å²) in [5.74, 6) is 0.642. The number of aryl methyl sites for hydroxylation is 2. The Bertz CT molecular complexity index is 1800. The van der Waals surface area contributed by atoms with Crippen LogP contribution in [0.2, 0.25) is 0 Å². The van der Waals surface area contributed by atoms with E-state index in [1.165, 1.54) is 39.5 Å². The molecule has 1 aliphatic heterocycles. The number of rotatable bonds is 4. The molecule has 0 atom stereocenters. The van der Waals surface area contributed by atoms with Crippen molar-refractivity contribution in [3.63, 3.8) is 0 Å². The number of phenolic OH excluding ortho intramolecular Hbond substituents is 3. The molecule has 37 heavy (non-hydrogen) atoms. The number of methoxy groups -OCH3 is 3. The molecule has 3 N–H and O–H groups in total. The molecule has 0 saturated heterocycles. The number of ether oxygens (including phenoxy) is 3. The smallest absolute Gasteiger partial charge is 0.361 e. The Hall–Kier alpha value is -4.79. The lowest BCUT2D eigenvalue weighted by atomic mass is 9.91. The van der Waals surface area contributed by atoms with Crippen LogP contribution in [0.4, 0.5) is 0 Å². The predicted octanol–water partition coefficient (Wildman–Crippen LogP) is 4.78. The van der Waals surface area contributed by atoms with Gasteiger partial charge in [-0.3, -0.25) is 0 Å². The average molecular weight is 501 g/mol. The zero-order valence-corrected chi connectivity index (χ0v) is 20.3. The fourth-order valence-electron chi connectivity index (χ4n) is 5.29. The maximum Gasteiger partial charge on any atom is 0.361 e. The Kier molecular flexibility index (Phi) is 4.98. The molecule has 1 aliphatic rings. The van der Waals surface area contributed by atoms with Crippen LogP contribution in [-0.2, 0) is 13.0 Å². The molecular formula is C28H23NO8. The molecule has 0 bridgehead atoms. The van der Waals surface area contributed by atoms with Gasteiger partial charge < -0.3 is 38.5 Å². The maximum absolute atomic E-state index is 13.4. The molecule has 0 radical (unpaired) electrons. The summed E-state index contributed by atoms with van der Waals surface area (Å²) in [5, 5.41) is 32.4. The molecule has 0 unspecified atom stereocenters. The fourth-order valence-corrected chi connectivity index (χ4v) is 5.29. The first-order valence-corrected chi connectivity index (χ1v) is 11.5. The lowest BCUT2D eigenvalue weighted by Crippen LogP contribution is -2.14. The van der Waals surface area contributed by atoms with Gasteiger partial charge in [-0.25, -0.2) is 4.79 Å². The molecular weight excluding hydrogens is 478 g/mol. The highest BCUT2D eigenvalue weighted by molar-refractivity contribution is 6.17. The SMILES string of the molecule is COc1cc(-c2c3n(c4c(=O)oc5cc(OC)c(O)cc5c24)CCc2cc(O)c(OC)cc2-3)ccc1O. The van der Waals surface area contributed by atoms with E-state index >= 15 is 0 Å². The summed E-state index contributed by atoms with van der Waals surface area (Å²) in [5.41, 5.74) is 3.81. The van der Waals surface area contributed by atoms with Crippen molar-refractivity contribution in [3.05, 3.63) is 58.4 Å². The first-order valence-electron chi connectivity index (χ1n) is 11.5. The number of benzene rings is 3. The van der Waals surface area contributed by atoms with Gasteiger partial charge in [0.15, 0.2) is 34.5 Å². The third kappa shape index (κ3) is 3.20.